The summed E-state index contributed by atoms with van der Waals surface area (Å²) in [5, 5.41) is 3.62. The second-order valence-corrected chi connectivity index (χ2v) is 6.33. The third-order valence-electron chi connectivity index (χ3n) is 4.13. The Morgan fingerprint density at radius 2 is 2.15 bits per heavy atom. The fourth-order valence-electron chi connectivity index (χ4n) is 3.09. The highest BCUT2D eigenvalue weighted by Crippen LogP contribution is 2.35. The van der Waals surface area contributed by atoms with E-state index in [1.165, 1.54) is 25.7 Å². The van der Waals surface area contributed by atoms with E-state index in [2.05, 4.69) is 24.1 Å². The van der Waals surface area contributed by atoms with Crippen LogP contribution in [0, 0.1) is 5.41 Å². The number of hydrogen-bond acceptors (Lipinski definition) is 4. The highest BCUT2D eigenvalue weighted by atomic mass is 16.5. The van der Waals surface area contributed by atoms with Crippen LogP contribution in [-0.2, 0) is 6.54 Å². The predicted molar refractivity (Wildman–Crippen MR) is 80.2 cm³/mol. The molecule has 112 valence electrons. The smallest absolute Gasteiger partial charge is 0.183 e. The summed E-state index contributed by atoms with van der Waals surface area (Å²) >= 11 is 0. The van der Waals surface area contributed by atoms with Crippen LogP contribution in [-0.4, -0.2) is 25.2 Å². The Morgan fingerprint density at radius 1 is 1.35 bits per heavy atom. The van der Waals surface area contributed by atoms with Crippen molar-refractivity contribution in [1.82, 2.24) is 10.3 Å². The van der Waals surface area contributed by atoms with E-state index in [-0.39, 0.29) is 0 Å². The molecule has 0 saturated heterocycles. The van der Waals surface area contributed by atoms with Gasteiger partial charge in [-0.05, 0) is 24.7 Å². The molecule has 1 saturated carbocycles. The Balaban J connectivity index is 2.00. The molecule has 4 nitrogen and oxygen atoms in total. The van der Waals surface area contributed by atoms with Gasteiger partial charge < -0.3 is 14.8 Å². The molecule has 0 aliphatic heterocycles. The molecule has 1 atom stereocenters. The third-order valence-corrected chi connectivity index (χ3v) is 4.13. The van der Waals surface area contributed by atoms with Crippen LogP contribution in [0.25, 0.3) is 0 Å². The zero-order chi connectivity index (χ0) is 14.6. The Hall–Kier alpha value is -1.29. The molecule has 0 amide bonds. The number of rotatable bonds is 5. The van der Waals surface area contributed by atoms with Crippen molar-refractivity contribution in [2.45, 2.75) is 52.1 Å². The standard InChI is InChI=1S/C16H26N2O2/c1-16(2)8-5-6-12(10-16)18-11-13-15(20-4)14(19-3)7-9-17-13/h7,9,12,18H,5-6,8,10-11H2,1-4H3. The van der Waals surface area contributed by atoms with Crippen molar-refractivity contribution in [3.8, 4) is 11.5 Å². The van der Waals surface area contributed by atoms with Gasteiger partial charge in [0.2, 0.25) is 0 Å². The molecule has 1 aromatic heterocycles. The van der Waals surface area contributed by atoms with Crippen LogP contribution >= 0.6 is 0 Å². The van der Waals surface area contributed by atoms with E-state index >= 15 is 0 Å². The van der Waals surface area contributed by atoms with Crippen LogP contribution < -0.4 is 14.8 Å². The summed E-state index contributed by atoms with van der Waals surface area (Å²) in [5.41, 5.74) is 1.36. The maximum Gasteiger partial charge on any atom is 0.183 e. The monoisotopic (exact) mass is 278 g/mol. The third kappa shape index (κ3) is 3.63. The topological polar surface area (TPSA) is 43.4 Å². The number of nitrogens with one attached hydrogen (secondary N) is 1. The molecule has 0 radical (unpaired) electrons. The van der Waals surface area contributed by atoms with E-state index in [9.17, 15) is 0 Å². The van der Waals surface area contributed by atoms with E-state index in [0.29, 0.717) is 11.5 Å². The number of methoxy groups -OCH3 is 2. The van der Waals surface area contributed by atoms with Gasteiger partial charge in [0.25, 0.3) is 0 Å². The Morgan fingerprint density at radius 3 is 2.80 bits per heavy atom. The minimum absolute atomic E-state index is 0.446. The number of hydrogen-bond donors (Lipinski definition) is 1. The van der Waals surface area contributed by atoms with E-state index < -0.39 is 0 Å². The van der Waals surface area contributed by atoms with Crippen LogP contribution in [0.4, 0.5) is 0 Å². The lowest BCUT2D eigenvalue weighted by atomic mass is 9.75. The maximum atomic E-state index is 5.42. The number of aromatic nitrogens is 1. The molecule has 2 rings (SSSR count). The zero-order valence-electron chi connectivity index (χ0n) is 13.0. The summed E-state index contributed by atoms with van der Waals surface area (Å²) in [4.78, 5) is 4.41. The average molecular weight is 278 g/mol. The fraction of sp³-hybridized carbons (Fsp3) is 0.688. The summed E-state index contributed by atoms with van der Waals surface area (Å²) in [6.45, 7) is 5.43. The summed E-state index contributed by atoms with van der Waals surface area (Å²) in [6.07, 6.45) is 6.86. The quantitative estimate of drug-likeness (QED) is 0.898. The van der Waals surface area contributed by atoms with Gasteiger partial charge >= 0.3 is 0 Å². The lowest BCUT2D eigenvalue weighted by Gasteiger charge is -2.35. The van der Waals surface area contributed by atoms with Crippen molar-refractivity contribution in [2.24, 2.45) is 5.41 Å². The first-order valence-corrected chi connectivity index (χ1v) is 7.35. The van der Waals surface area contributed by atoms with Gasteiger partial charge in [-0.2, -0.15) is 0 Å². The van der Waals surface area contributed by atoms with Gasteiger partial charge in [-0.1, -0.05) is 20.3 Å². The lowest BCUT2D eigenvalue weighted by Crippen LogP contribution is -2.37. The van der Waals surface area contributed by atoms with Gasteiger partial charge in [0.1, 0.15) is 0 Å². The van der Waals surface area contributed by atoms with Crippen LogP contribution in [0.3, 0.4) is 0 Å². The summed E-state index contributed by atoms with van der Waals surface area (Å²) in [6, 6.07) is 2.39. The van der Waals surface area contributed by atoms with Gasteiger partial charge in [0, 0.05) is 24.8 Å². The molecule has 0 aromatic carbocycles. The molecule has 4 heteroatoms. The Labute approximate surface area is 121 Å². The average Bonchev–Trinajstić information content (AvgIpc) is 2.43. The molecule has 1 heterocycles. The van der Waals surface area contributed by atoms with E-state index in [0.717, 1.165) is 23.7 Å². The van der Waals surface area contributed by atoms with Gasteiger partial charge in [-0.25, -0.2) is 0 Å². The minimum Gasteiger partial charge on any atom is -0.493 e. The summed E-state index contributed by atoms with van der Waals surface area (Å²) < 4.78 is 10.7. The molecular weight excluding hydrogens is 252 g/mol. The SMILES string of the molecule is COc1ccnc(CNC2CCCC(C)(C)C2)c1OC. The zero-order valence-corrected chi connectivity index (χ0v) is 13.0. The van der Waals surface area contributed by atoms with Gasteiger partial charge in [-0.3, -0.25) is 4.98 Å². The second kappa shape index (κ2) is 6.44. The summed E-state index contributed by atoms with van der Waals surface area (Å²) in [5.74, 6) is 1.47. The predicted octanol–water partition coefficient (Wildman–Crippen LogP) is 3.16. The van der Waals surface area contributed by atoms with Crippen LogP contribution in [0.5, 0.6) is 11.5 Å². The first-order valence-electron chi connectivity index (χ1n) is 7.35. The minimum atomic E-state index is 0.446. The van der Waals surface area contributed by atoms with E-state index in [4.69, 9.17) is 9.47 Å². The van der Waals surface area contributed by atoms with Crippen LogP contribution in [0.15, 0.2) is 12.3 Å². The molecule has 1 N–H and O–H groups in total. The first-order chi connectivity index (χ1) is 9.55. The Kier molecular flexibility index (Phi) is 4.86. The first kappa shape index (κ1) is 15.1. The van der Waals surface area contributed by atoms with Crippen molar-refractivity contribution in [3.63, 3.8) is 0 Å². The number of ether oxygens (including phenoxy) is 2. The molecule has 1 fully saturated rings. The second-order valence-electron chi connectivity index (χ2n) is 6.33. The molecule has 0 spiro atoms. The van der Waals surface area contributed by atoms with Crippen molar-refractivity contribution in [2.75, 3.05) is 14.2 Å². The van der Waals surface area contributed by atoms with Crippen molar-refractivity contribution in [3.05, 3.63) is 18.0 Å². The molecule has 1 unspecified atom stereocenters. The molecular formula is C16H26N2O2. The van der Waals surface area contributed by atoms with E-state index in [1.54, 1.807) is 20.4 Å². The molecule has 1 aliphatic carbocycles. The highest BCUT2D eigenvalue weighted by Gasteiger charge is 2.27. The molecule has 1 aliphatic rings. The highest BCUT2D eigenvalue weighted by molar-refractivity contribution is 5.42. The molecule has 0 bridgehead atoms. The van der Waals surface area contributed by atoms with Crippen molar-refractivity contribution < 1.29 is 9.47 Å². The van der Waals surface area contributed by atoms with Gasteiger partial charge in [0.15, 0.2) is 11.5 Å². The van der Waals surface area contributed by atoms with E-state index in [1.807, 2.05) is 6.07 Å². The van der Waals surface area contributed by atoms with Gasteiger partial charge in [0.05, 0.1) is 19.9 Å². The largest absolute Gasteiger partial charge is 0.493 e. The van der Waals surface area contributed by atoms with Crippen molar-refractivity contribution in [1.29, 1.82) is 0 Å². The van der Waals surface area contributed by atoms with Crippen molar-refractivity contribution >= 4 is 0 Å². The molecule has 1 aromatic rings. The Bertz CT molecular complexity index is 446. The van der Waals surface area contributed by atoms with Crippen LogP contribution in [0.1, 0.15) is 45.2 Å². The lowest BCUT2D eigenvalue weighted by molar-refractivity contribution is 0.197. The maximum absolute atomic E-state index is 5.42. The number of pyridine rings is 1. The number of nitrogens with zero attached hydrogens (tertiary/aromatic N) is 1. The van der Waals surface area contributed by atoms with Crippen LogP contribution in [0.2, 0.25) is 0 Å². The fourth-order valence-corrected chi connectivity index (χ4v) is 3.09. The normalized spacial score (nSPS) is 21.5. The van der Waals surface area contributed by atoms with Gasteiger partial charge in [-0.15, -0.1) is 0 Å². The molecule has 20 heavy (non-hydrogen) atoms. The summed E-state index contributed by atoms with van der Waals surface area (Å²) in [7, 11) is 3.31.